The molecule has 0 spiro atoms. The highest BCUT2D eigenvalue weighted by Crippen LogP contribution is 2.27. The van der Waals surface area contributed by atoms with Crippen LogP contribution in [0.5, 0.6) is 0 Å². The van der Waals surface area contributed by atoms with Gasteiger partial charge in [0.05, 0.1) is 13.2 Å². The lowest BCUT2D eigenvalue weighted by Crippen LogP contribution is -2.39. The summed E-state index contributed by atoms with van der Waals surface area (Å²) in [5.41, 5.74) is 4.11. The van der Waals surface area contributed by atoms with E-state index in [1.54, 1.807) is 12.4 Å². The molecular formula is C18H26N4O. The average Bonchev–Trinajstić information content (AvgIpc) is 2.60. The van der Waals surface area contributed by atoms with Crippen LogP contribution in [0.1, 0.15) is 39.2 Å². The quantitative estimate of drug-likeness (QED) is 0.475. The van der Waals surface area contributed by atoms with Gasteiger partial charge in [0.15, 0.2) is 0 Å². The van der Waals surface area contributed by atoms with Crippen molar-refractivity contribution in [1.29, 1.82) is 0 Å². The number of aromatic nitrogens is 2. The Morgan fingerprint density at radius 3 is 2.52 bits per heavy atom. The highest BCUT2D eigenvalue weighted by molar-refractivity contribution is 5.82. The Labute approximate surface area is 138 Å². The Hall–Kier alpha value is -2.01. The van der Waals surface area contributed by atoms with E-state index in [-0.39, 0.29) is 0 Å². The molecule has 0 saturated carbocycles. The lowest BCUT2D eigenvalue weighted by molar-refractivity contribution is 0.0678. The summed E-state index contributed by atoms with van der Waals surface area (Å²) in [5.74, 6) is 1.04. The Kier molecular flexibility index (Phi) is 6.47. The first-order chi connectivity index (χ1) is 11.1. The monoisotopic (exact) mass is 314 g/mol. The molecule has 23 heavy (non-hydrogen) atoms. The predicted octanol–water partition coefficient (Wildman–Crippen LogP) is 3.31. The number of hydrogen-bond donors (Lipinski definition) is 0. The number of allylic oxidation sites excluding steroid dienone is 3. The van der Waals surface area contributed by atoms with Crippen molar-refractivity contribution in [1.82, 2.24) is 14.9 Å². The first-order valence-electron chi connectivity index (χ1n) is 8.15. The molecule has 1 aliphatic rings. The largest absolute Gasteiger partial charge is 0.378 e. The molecule has 0 N–H and O–H groups in total. The third kappa shape index (κ3) is 4.73. The summed E-state index contributed by atoms with van der Waals surface area (Å²) in [6.07, 6.45) is 7.13. The maximum absolute atomic E-state index is 5.40. The van der Waals surface area contributed by atoms with Crippen molar-refractivity contribution >= 4 is 11.4 Å². The molecule has 124 valence electrons. The van der Waals surface area contributed by atoms with Crippen LogP contribution in [0, 0.1) is 0 Å². The van der Waals surface area contributed by atoms with Gasteiger partial charge in [-0.3, -0.25) is 0 Å². The van der Waals surface area contributed by atoms with Crippen LogP contribution < -0.4 is 0 Å². The maximum atomic E-state index is 5.40. The molecule has 1 aliphatic heterocycles. The van der Waals surface area contributed by atoms with E-state index in [2.05, 4.69) is 42.2 Å². The summed E-state index contributed by atoms with van der Waals surface area (Å²) >= 11 is 0. The number of hydrogen-bond acceptors (Lipinski definition) is 4. The lowest BCUT2D eigenvalue weighted by atomic mass is 9.96. The molecule has 0 amide bonds. The second-order valence-corrected chi connectivity index (χ2v) is 5.68. The van der Waals surface area contributed by atoms with Crippen molar-refractivity contribution in [3.8, 4) is 0 Å². The molecule has 5 heteroatoms. The van der Waals surface area contributed by atoms with Crippen LogP contribution in [0.3, 0.4) is 0 Å². The highest BCUT2D eigenvalue weighted by Gasteiger charge is 2.13. The van der Waals surface area contributed by atoms with Crippen molar-refractivity contribution < 1.29 is 4.74 Å². The van der Waals surface area contributed by atoms with E-state index in [9.17, 15) is 0 Å². The van der Waals surface area contributed by atoms with E-state index in [0.717, 1.165) is 61.8 Å². The molecule has 1 fully saturated rings. The van der Waals surface area contributed by atoms with Crippen LogP contribution >= 0.6 is 0 Å². The number of nitrogens with zero attached hydrogens (tertiary/aromatic N) is 4. The first kappa shape index (κ1) is 17.3. The number of rotatable bonds is 5. The van der Waals surface area contributed by atoms with E-state index in [0.29, 0.717) is 0 Å². The molecule has 2 rings (SSSR count). The van der Waals surface area contributed by atoms with Crippen LogP contribution in [0.25, 0.3) is 5.57 Å². The number of ether oxygens (including phenoxy) is 1. The summed E-state index contributed by atoms with van der Waals surface area (Å²) < 4.78 is 5.40. The average molecular weight is 314 g/mol. The first-order valence-corrected chi connectivity index (χ1v) is 8.15. The van der Waals surface area contributed by atoms with E-state index >= 15 is 0 Å². The Balaban J connectivity index is 2.26. The van der Waals surface area contributed by atoms with Gasteiger partial charge in [-0.25, -0.2) is 15.0 Å². The second-order valence-electron chi connectivity index (χ2n) is 5.68. The van der Waals surface area contributed by atoms with Crippen molar-refractivity contribution in [2.45, 2.75) is 33.6 Å². The van der Waals surface area contributed by atoms with Crippen LogP contribution in [0.2, 0.25) is 0 Å². The van der Waals surface area contributed by atoms with Crippen LogP contribution in [0.15, 0.2) is 41.6 Å². The third-order valence-corrected chi connectivity index (χ3v) is 4.01. The molecule has 1 aromatic heterocycles. The molecule has 2 heterocycles. The van der Waals surface area contributed by atoms with Crippen molar-refractivity contribution in [2.75, 3.05) is 26.3 Å². The van der Waals surface area contributed by atoms with Crippen molar-refractivity contribution in [3.05, 3.63) is 42.1 Å². The van der Waals surface area contributed by atoms with Gasteiger partial charge in [0.1, 0.15) is 12.2 Å². The Morgan fingerprint density at radius 2 is 1.91 bits per heavy atom. The van der Waals surface area contributed by atoms with E-state index < -0.39 is 0 Å². The highest BCUT2D eigenvalue weighted by atomic mass is 16.5. The van der Waals surface area contributed by atoms with E-state index in [4.69, 9.17) is 9.73 Å². The molecule has 1 saturated heterocycles. The number of aliphatic imine (C=N–C) groups is 1. The molecule has 0 aliphatic carbocycles. The van der Waals surface area contributed by atoms with Crippen LogP contribution in [-0.2, 0) is 4.74 Å². The van der Waals surface area contributed by atoms with Gasteiger partial charge >= 0.3 is 0 Å². The Bertz CT molecular complexity index is 586. The topological polar surface area (TPSA) is 50.6 Å². The SMILES string of the molecule is C=C(/C(CCC)=C(C)\N=C(/C)N1CCOCC1)c1cncnc1. The molecule has 0 radical (unpaired) electrons. The van der Waals surface area contributed by atoms with Gasteiger partial charge in [0, 0.05) is 36.7 Å². The van der Waals surface area contributed by atoms with Crippen molar-refractivity contribution in [2.24, 2.45) is 4.99 Å². The molecule has 0 bridgehead atoms. The number of amidine groups is 1. The number of morpholine rings is 1. The molecule has 5 nitrogen and oxygen atoms in total. The fourth-order valence-corrected chi connectivity index (χ4v) is 2.70. The van der Waals surface area contributed by atoms with E-state index in [1.807, 2.05) is 0 Å². The van der Waals surface area contributed by atoms with E-state index in [1.165, 1.54) is 11.9 Å². The smallest absolute Gasteiger partial charge is 0.115 e. The Morgan fingerprint density at radius 1 is 1.26 bits per heavy atom. The summed E-state index contributed by atoms with van der Waals surface area (Å²) in [5, 5.41) is 0. The maximum Gasteiger partial charge on any atom is 0.115 e. The molecule has 0 unspecified atom stereocenters. The van der Waals surface area contributed by atoms with Crippen molar-refractivity contribution in [3.63, 3.8) is 0 Å². The van der Waals surface area contributed by atoms with Crippen LogP contribution in [0.4, 0.5) is 0 Å². The molecular weight excluding hydrogens is 288 g/mol. The van der Waals surface area contributed by atoms with Gasteiger partial charge in [-0.15, -0.1) is 0 Å². The predicted molar refractivity (Wildman–Crippen MR) is 94.2 cm³/mol. The molecule has 0 aromatic carbocycles. The second kappa shape index (κ2) is 8.58. The normalized spacial score (nSPS) is 17.0. The zero-order chi connectivity index (χ0) is 16.7. The minimum atomic E-state index is 0.769. The fourth-order valence-electron chi connectivity index (χ4n) is 2.70. The lowest BCUT2D eigenvalue weighted by Gasteiger charge is -2.28. The summed E-state index contributed by atoms with van der Waals surface area (Å²) in [7, 11) is 0. The van der Waals surface area contributed by atoms with Gasteiger partial charge in [0.25, 0.3) is 0 Å². The third-order valence-electron chi connectivity index (χ3n) is 4.01. The van der Waals surface area contributed by atoms with Gasteiger partial charge in [-0.1, -0.05) is 19.9 Å². The summed E-state index contributed by atoms with van der Waals surface area (Å²) in [4.78, 5) is 15.3. The fraction of sp³-hybridized carbons (Fsp3) is 0.500. The summed E-state index contributed by atoms with van der Waals surface area (Å²) in [6, 6.07) is 0. The minimum absolute atomic E-state index is 0.769. The molecule has 1 aromatic rings. The zero-order valence-corrected chi connectivity index (χ0v) is 14.4. The zero-order valence-electron chi connectivity index (χ0n) is 14.4. The van der Waals surface area contributed by atoms with Gasteiger partial charge in [-0.2, -0.15) is 0 Å². The van der Waals surface area contributed by atoms with Gasteiger partial charge in [-0.05, 0) is 31.4 Å². The summed E-state index contributed by atoms with van der Waals surface area (Å²) in [6.45, 7) is 13.9. The standard InChI is InChI=1S/C18H26N4O/c1-5-6-18(14(2)17-11-19-13-20-12-17)15(3)21-16(4)22-7-9-23-10-8-22/h11-13H,2,5-10H2,1,3-4H3/b18-15-,21-16+. The van der Waals surface area contributed by atoms with Crippen LogP contribution in [-0.4, -0.2) is 47.0 Å². The van der Waals surface area contributed by atoms with Gasteiger partial charge in [0.2, 0.25) is 0 Å². The minimum Gasteiger partial charge on any atom is -0.378 e. The molecule has 0 atom stereocenters. The van der Waals surface area contributed by atoms with Gasteiger partial charge < -0.3 is 9.64 Å².